The van der Waals surface area contributed by atoms with Gasteiger partial charge in [0.05, 0.1) is 16.9 Å². The van der Waals surface area contributed by atoms with Crippen LogP contribution in [0.15, 0.2) is 102 Å². The first-order valence-corrected chi connectivity index (χ1v) is 13.7. The first-order chi connectivity index (χ1) is 18.6. The molecule has 1 saturated heterocycles. The highest BCUT2D eigenvalue weighted by molar-refractivity contribution is 7.85. The van der Waals surface area contributed by atoms with Crippen LogP contribution < -0.4 is 5.32 Å². The first kappa shape index (κ1) is 26.7. The van der Waals surface area contributed by atoms with Crippen LogP contribution in [0.1, 0.15) is 35.6 Å². The van der Waals surface area contributed by atoms with Crippen molar-refractivity contribution in [1.29, 1.82) is 0 Å². The van der Waals surface area contributed by atoms with E-state index in [2.05, 4.69) is 5.32 Å². The molecule has 0 radical (unpaired) electrons. The lowest BCUT2D eigenvalue weighted by molar-refractivity contribution is -0.140. The highest BCUT2D eigenvalue weighted by Crippen LogP contribution is 2.47. The van der Waals surface area contributed by atoms with Gasteiger partial charge in [0.15, 0.2) is 0 Å². The summed E-state index contributed by atoms with van der Waals surface area (Å²) in [5.74, 6) is -1.62. The predicted octanol–water partition coefficient (Wildman–Crippen LogP) is 5.38. The van der Waals surface area contributed by atoms with Crippen molar-refractivity contribution in [2.24, 2.45) is 5.92 Å². The molecule has 0 saturated carbocycles. The van der Waals surface area contributed by atoms with Gasteiger partial charge in [0.25, 0.3) is 10.1 Å². The highest BCUT2D eigenvalue weighted by atomic mass is 32.2. The molecule has 4 aromatic carbocycles. The Labute approximate surface area is 224 Å². The molecule has 1 aliphatic heterocycles. The topological polar surface area (TPSA) is 104 Å². The van der Waals surface area contributed by atoms with Gasteiger partial charge in [-0.1, -0.05) is 60.7 Å². The summed E-state index contributed by atoms with van der Waals surface area (Å²) < 4.78 is 59.6. The Balaban J connectivity index is 1.48. The predicted molar refractivity (Wildman–Crippen MR) is 141 cm³/mol. The first-order valence-electron chi connectivity index (χ1n) is 12.3. The van der Waals surface area contributed by atoms with Crippen molar-refractivity contribution in [1.82, 2.24) is 5.32 Å². The van der Waals surface area contributed by atoms with Gasteiger partial charge in [0.1, 0.15) is 17.2 Å². The van der Waals surface area contributed by atoms with E-state index in [9.17, 15) is 31.7 Å². The fourth-order valence-corrected chi connectivity index (χ4v) is 5.73. The molecule has 1 amide bonds. The number of halogens is 2. The zero-order valence-corrected chi connectivity index (χ0v) is 21.4. The summed E-state index contributed by atoms with van der Waals surface area (Å²) in [6.07, 6.45) is -0.352. The molecule has 200 valence electrons. The zero-order valence-electron chi connectivity index (χ0n) is 20.6. The average molecular weight is 550 g/mol. The molecule has 0 aliphatic carbocycles. The lowest BCUT2D eigenvalue weighted by Gasteiger charge is -2.50. The van der Waals surface area contributed by atoms with E-state index < -0.39 is 39.3 Å². The Morgan fingerprint density at radius 2 is 1.38 bits per heavy atom. The molecule has 0 bridgehead atoms. The number of nitrogens with one attached hydrogen (secondary N) is 1. The molecule has 1 heterocycles. The standard InChI is InChI=1S/C30H25F2NO5S/c31-24-12-6-20(7-13-24)28(34)17-16-27-29(35)33-30(27,23-10-14-25(32)15-11-23)22-8-4-19(5-9-22)21-2-1-3-26(18-21)39(36,37)38/h1-15,18,27-28,34H,16-17H2,(H,33,35)(H,36,37,38)/t27-,28-,30-/m0/s1. The minimum absolute atomic E-state index is 0.212. The number of hydrogen-bond donors (Lipinski definition) is 3. The van der Waals surface area contributed by atoms with Gasteiger partial charge >= 0.3 is 0 Å². The maximum Gasteiger partial charge on any atom is 0.294 e. The molecular formula is C30H25F2NO5S. The molecule has 39 heavy (non-hydrogen) atoms. The zero-order chi connectivity index (χ0) is 27.8. The van der Waals surface area contributed by atoms with Gasteiger partial charge in [-0.15, -0.1) is 0 Å². The van der Waals surface area contributed by atoms with Gasteiger partial charge in [-0.2, -0.15) is 8.42 Å². The highest BCUT2D eigenvalue weighted by Gasteiger charge is 2.55. The number of rotatable bonds is 8. The van der Waals surface area contributed by atoms with Crippen molar-refractivity contribution < 1.29 is 31.7 Å². The summed E-state index contributed by atoms with van der Waals surface area (Å²) in [6, 6.07) is 24.5. The number of β-lactam (4-membered cyclic amide) rings is 1. The van der Waals surface area contributed by atoms with E-state index in [0.29, 0.717) is 28.7 Å². The van der Waals surface area contributed by atoms with E-state index in [1.807, 2.05) is 12.1 Å². The number of aliphatic hydroxyl groups excluding tert-OH is 1. The quantitative estimate of drug-likeness (QED) is 0.202. The van der Waals surface area contributed by atoms with Crippen LogP contribution in [0.25, 0.3) is 11.1 Å². The average Bonchev–Trinajstić information content (AvgIpc) is 2.92. The van der Waals surface area contributed by atoms with Crippen LogP contribution in [0, 0.1) is 17.6 Å². The van der Waals surface area contributed by atoms with Crippen LogP contribution in [0.5, 0.6) is 0 Å². The minimum Gasteiger partial charge on any atom is -0.388 e. The van der Waals surface area contributed by atoms with Crippen molar-refractivity contribution in [3.05, 3.63) is 125 Å². The van der Waals surface area contributed by atoms with Crippen molar-refractivity contribution >= 4 is 16.0 Å². The van der Waals surface area contributed by atoms with Gasteiger partial charge < -0.3 is 10.4 Å². The molecule has 0 spiro atoms. The van der Waals surface area contributed by atoms with E-state index in [-0.39, 0.29) is 17.2 Å². The number of benzene rings is 4. The van der Waals surface area contributed by atoms with Gasteiger partial charge in [0, 0.05) is 0 Å². The van der Waals surface area contributed by atoms with Crippen molar-refractivity contribution in [2.45, 2.75) is 29.4 Å². The minimum atomic E-state index is -4.37. The number of amides is 1. The second kappa shape index (κ2) is 10.3. The van der Waals surface area contributed by atoms with E-state index in [1.165, 1.54) is 54.6 Å². The molecule has 3 atom stereocenters. The van der Waals surface area contributed by atoms with Crippen LogP contribution in [0.3, 0.4) is 0 Å². The number of aliphatic hydroxyl groups is 1. The summed E-state index contributed by atoms with van der Waals surface area (Å²) in [5, 5.41) is 13.7. The van der Waals surface area contributed by atoms with E-state index in [1.54, 1.807) is 30.3 Å². The Bertz CT molecular complexity index is 1610. The number of hydrogen-bond acceptors (Lipinski definition) is 4. The van der Waals surface area contributed by atoms with Crippen LogP contribution in [0.2, 0.25) is 0 Å². The van der Waals surface area contributed by atoms with E-state index in [0.717, 1.165) is 5.56 Å². The van der Waals surface area contributed by atoms with Gasteiger partial charge in [0.2, 0.25) is 5.91 Å². The molecule has 1 aliphatic rings. The lowest BCUT2D eigenvalue weighted by atomic mass is 9.64. The third kappa shape index (κ3) is 5.21. The fourth-order valence-electron chi connectivity index (χ4n) is 5.20. The maximum atomic E-state index is 13.8. The van der Waals surface area contributed by atoms with Gasteiger partial charge in [-0.25, -0.2) is 8.78 Å². The molecule has 1 fully saturated rings. The van der Waals surface area contributed by atoms with Crippen molar-refractivity contribution in [3.63, 3.8) is 0 Å². The second-order valence-corrected chi connectivity index (χ2v) is 11.0. The summed E-state index contributed by atoms with van der Waals surface area (Å²) in [5.41, 5.74) is 2.22. The van der Waals surface area contributed by atoms with E-state index in [4.69, 9.17) is 0 Å². The van der Waals surface area contributed by atoms with Crippen molar-refractivity contribution in [3.8, 4) is 11.1 Å². The second-order valence-electron chi connectivity index (χ2n) is 9.58. The lowest BCUT2D eigenvalue weighted by Crippen LogP contribution is -2.67. The molecule has 6 nitrogen and oxygen atoms in total. The Morgan fingerprint density at radius 1 is 0.821 bits per heavy atom. The number of carbonyl (C=O) groups is 1. The number of carbonyl (C=O) groups excluding carboxylic acids is 1. The Hall–Kier alpha value is -3.92. The SMILES string of the molecule is O=C1N[C@](c2ccc(F)cc2)(c2ccc(-c3cccc(S(=O)(=O)O)c3)cc2)[C@H]1CC[C@H](O)c1ccc(F)cc1. The molecular weight excluding hydrogens is 524 g/mol. The summed E-state index contributed by atoms with van der Waals surface area (Å²) in [6.45, 7) is 0. The summed E-state index contributed by atoms with van der Waals surface area (Å²) in [4.78, 5) is 12.7. The third-order valence-electron chi connectivity index (χ3n) is 7.25. The maximum absolute atomic E-state index is 13.8. The van der Waals surface area contributed by atoms with Gasteiger partial charge in [-0.3, -0.25) is 9.35 Å². The summed E-state index contributed by atoms with van der Waals surface area (Å²) >= 11 is 0. The monoisotopic (exact) mass is 549 g/mol. The van der Waals surface area contributed by atoms with Crippen molar-refractivity contribution in [2.75, 3.05) is 0 Å². The van der Waals surface area contributed by atoms with Crippen LogP contribution in [-0.2, 0) is 20.5 Å². The van der Waals surface area contributed by atoms with E-state index >= 15 is 0 Å². The van der Waals surface area contributed by atoms with Gasteiger partial charge in [-0.05, 0) is 77.1 Å². The third-order valence-corrected chi connectivity index (χ3v) is 8.10. The van der Waals surface area contributed by atoms with Crippen LogP contribution >= 0.6 is 0 Å². The fraction of sp³-hybridized carbons (Fsp3) is 0.167. The molecule has 5 rings (SSSR count). The van der Waals surface area contributed by atoms with Crippen LogP contribution in [-0.4, -0.2) is 24.0 Å². The molecule has 4 aromatic rings. The summed E-state index contributed by atoms with van der Waals surface area (Å²) in [7, 11) is -4.37. The Morgan fingerprint density at radius 3 is 1.95 bits per heavy atom. The largest absolute Gasteiger partial charge is 0.388 e. The van der Waals surface area contributed by atoms with Crippen LogP contribution in [0.4, 0.5) is 8.78 Å². The molecule has 0 unspecified atom stereocenters. The molecule has 3 N–H and O–H groups in total. The smallest absolute Gasteiger partial charge is 0.294 e. The normalized spacial score (nSPS) is 19.7. The molecule has 0 aromatic heterocycles. The Kier molecular flexibility index (Phi) is 7.07. The molecule has 9 heteroatoms.